The van der Waals surface area contributed by atoms with Crippen molar-refractivity contribution < 1.29 is 8.42 Å². The lowest BCUT2D eigenvalue weighted by molar-refractivity contribution is 0.581. The lowest BCUT2D eigenvalue weighted by Crippen LogP contribution is -2.43. The summed E-state index contributed by atoms with van der Waals surface area (Å²) < 4.78 is 24.4. The molecule has 24 heavy (non-hydrogen) atoms. The predicted octanol–water partition coefficient (Wildman–Crippen LogP) is 0.958. The summed E-state index contributed by atoms with van der Waals surface area (Å²) in [6.45, 7) is 9.47. The van der Waals surface area contributed by atoms with Gasteiger partial charge in [-0.1, -0.05) is 0 Å². The minimum atomic E-state index is -2.94. The normalized spacial score (nSPS) is 13.8. The van der Waals surface area contributed by atoms with Gasteiger partial charge in [-0.05, 0) is 46.1 Å². The summed E-state index contributed by atoms with van der Waals surface area (Å²) in [5.41, 5.74) is 3.45. The molecule has 0 aliphatic heterocycles. The molecule has 1 aromatic rings. The van der Waals surface area contributed by atoms with Crippen molar-refractivity contribution in [2.24, 2.45) is 12.0 Å². The van der Waals surface area contributed by atoms with E-state index in [1.807, 2.05) is 32.5 Å². The standard InChI is InChI=1S/C16H31N5O2S/c1-7-17-16(19-12(2)9-11-24(6,22)23)18-10-8-15-13(3)20-21(5)14(15)4/h12H,7-11H2,1-6H3,(H2,17,18,19). The SMILES string of the molecule is CCNC(=NCCc1c(C)nn(C)c1C)NC(C)CCS(C)(=O)=O. The smallest absolute Gasteiger partial charge is 0.191 e. The molecule has 0 radical (unpaired) electrons. The van der Waals surface area contributed by atoms with Gasteiger partial charge in [0.25, 0.3) is 0 Å². The average Bonchev–Trinajstić information content (AvgIpc) is 2.71. The number of nitrogens with zero attached hydrogens (tertiary/aromatic N) is 3. The molecule has 0 bridgehead atoms. The number of aryl methyl sites for hydroxylation is 2. The van der Waals surface area contributed by atoms with Crippen LogP contribution in [-0.4, -0.2) is 55.3 Å². The van der Waals surface area contributed by atoms with Crippen LogP contribution in [0.4, 0.5) is 0 Å². The van der Waals surface area contributed by atoms with Crippen LogP contribution in [0.15, 0.2) is 4.99 Å². The van der Waals surface area contributed by atoms with Crippen LogP contribution < -0.4 is 10.6 Å². The van der Waals surface area contributed by atoms with Crippen molar-refractivity contribution in [3.05, 3.63) is 17.0 Å². The summed E-state index contributed by atoms with van der Waals surface area (Å²) in [6.07, 6.45) is 2.65. The number of hydrogen-bond donors (Lipinski definition) is 2. The Labute approximate surface area is 145 Å². The molecule has 1 aromatic heterocycles. The van der Waals surface area contributed by atoms with E-state index in [0.29, 0.717) is 13.0 Å². The third-order valence-corrected chi connectivity index (χ3v) is 4.92. The Bertz CT molecular complexity index is 664. The van der Waals surface area contributed by atoms with Gasteiger partial charge in [-0.25, -0.2) is 8.42 Å². The Hall–Kier alpha value is -1.57. The van der Waals surface area contributed by atoms with Gasteiger partial charge in [0, 0.05) is 38.1 Å². The monoisotopic (exact) mass is 357 g/mol. The Morgan fingerprint density at radius 2 is 2.04 bits per heavy atom. The van der Waals surface area contributed by atoms with E-state index in [-0.39, 0.29) is 11.8 Å². The van der Waals surface area contributed by atoms with Crippen LogP contribution in [0.1, 0.15) is 37.2 Å². The molecule has 0 saturated carbocycles. The van der Waals surface area contributed by atoms with Crippen molar-refractivity contribution in [1.29, 1.82) is 0 Å². The summed E-state index contributed by atoms with van der Waals surface area (Å²) in [4.78, 5) is 4.59. The number of rotatable bonds is 8. The Morgan fingerprint density at radius 3 is 2.54 bits per heavy atom. The summed E-state index contributed by atoms with van der Waals surface area (Å²) in [5.74, 6) is 0.895. The number of aliphatic imine (C=N–C) groups is 1. The van der Waals surface area contributed by atoms with Gasteiger partial charge in [-0.2, -0.15) is 5.10 Å². The average molecular weight is 358 g/mol. The lowest BCUT2D eigenvalue weighted by atomic mass is 10.1. The molecule has 7 nitrogen and oxygen atoms in total. The second kappa shape index (κ2) is 9.05. The summed E-state index contributed by atoms with van der Waals surface area (Å²) in [7, 11) is -0.988. The van der Waals surface area contributed by atoms with E-state index < -0.39 is 9.84 Å². The number of guanidine groups is 1. The fourth-order valence-electron chi connectivity index (χ4n) is 2.48. The van der Waals surface area contributed by atoms with Crippen LogP contribution in [0.2, 0.25) is 0 Å². The molecule has 2 N–H and O–H groups in total. The third kappa shape index (κ3) is 6.90. The molecule has 0 saturated heterocycles. The quantitative estimate of drug-likeness (QED) is 0.534. The van der Waals surface area contributed by atoms with Gasteiger partial charge < -0.3 is 10.6 Å². The van der Waals surface area contributed by atoms with E-state index in [1.54, 1.807) is 0 Å². The Kier molecular flexibility index (Phi) is 7.72. The highest BCUT2D eigenvalue weighted by Crippen LogP contribution is 2.12. The second-order valence-corrected chi connectivity index (χ2v) is 8.51. The highest BCUT2D eigenvalue weighted by molar-refractivity contribution is 7.90. The number of aromatic nitrogens is 2. The molecule has 0 aliphatic carbocycles. The maximum Gasteiger partial charge on any atom is 0.191 e. The van der Waals surface area contributed by atoms with Crippen LogP contribution in [0.25, 0.3) is 0 Å². The molecular formula is C16H31N5O2S. The van der Waals surface area contributed by atoms with Gasteiger partial charge in [0.15, 0.2) is 5.96 Å². The van der Waals surface area contributed by atoms with Crippen molar-refractivity contribution in [2.45, 2.75) is 46.6 Å². The zero-order valence-electron chi connectivity index (χ0n) is 15.7. The molecule has 138 valence electrons. The first-order valence-electron chi connectivity index (χ1n) is 8.35. The van der Waals surface area contributed by atoms with Gasteiger partial charge in [0.05, 0.1) is 11.4 Å². The number of hydrogen-bond acceptors (Lipinski definition) is 4. The number of sulfone groups is 1. The van der Waals surface area contributed by atoms with Gasteiger partial charge in [0.2, 0.25) is 0 Å². The van der Waals surface area contributed by atoms with E-state index in [9.17, 15) is 8.42 Å². The van der Waals surface area contributed by atoms with Crippen molar-refractivity contribution >= 4 is 15.8 Å². The zero-order chi connectivity index (χ0) is 18.3. The molecule has 0 spiro atoms. The highest BCUT2D eigenvalue weighted by atomic mass is 32.2. The zero-order valence-corrected chi connectivity index (χ0v) is 16.5. The van der Waals surface area contributed by atoms with Gasteiger partial charge in [0.1, 0.15) is 9.84 Å². The minimum Gasteiger partial charge on any atom is -0.357 e. The van der Waals surface area contributed by atoms with Crippen LogP contribution in [0, 0.1) is 13.8 Å². The first-order valence-corrected chi connectivity index (χ1v) is 10.4. The van der Waals surface area contributed by atoms with Crippen LogP contribution >= 0.6 is 0 Å². The maximum atomic E-state index is 11.3. The Balaban J connectivity index is 2.61. The largest absolute Gasteiger partial charge is 0.357 e. The topological polar surface area (TPSA) is 88.4 Å². The summed E-state index contributed by atoms with van der Waals surface area (Å²) >= 11 is 0. The van der Waals surface area contributed by atoms with Crippen molar-refractivity contribution in [3.63, 3.8) is 0 Å². The predicted molar refractivity (Wildman–Crippen MR) is 99.3 cm³/mol. The van der Waals surface area contributed by atoms with Crippen LogP contribution in [0.5, 0.6) is 0 Å². The van der Waals surface area contributed by atoms with E-state index in [1.165, 1.54) is 17.5 Å². The molecule has 0 fully saturated rings. The fourth-order valence-corrected chi connectivity index (χ4v) is 3.26. The molecule has 0 aromatic carbocycles. The molecular weight excluding hydrogens is 326 g/mol. The molecule has 1 atom stereocenters. The molecule has 8 heteroatoms. The van der Waals surface area contributed by atoms with Gasteiger partial charge in [-0.3, -0.25) is 9.67 Å². The molecule has 1 heterocycles. The van der Waals surface area contributed by atoms with E-state index in [4.69, 9.17) is 0 Å². The maximum absolute atomic E-state index is 11.3. The molecule has 1 unspecified atom stereocenters. The first-order chi connectivity index (χ1) is 11.1. The van der Waals surface area contributed by atoms with E-state index >= 15 is 0 Å². The first kappa shape index (κ1) is 20.5. The van der Waals surface area contributed by atoms with E-state index in [2.05, 4.69) is 27.6 Å². The number of nitrogens with one attached hydrogen (secondary N) is 2. The van der Waals surface area contributed by atoms with E-state index in [0.717, 1.165) is 24.6 Å². The minimum absolute atomic E-state index is 0.0411. The fraction of sp³-hybridized carbons (Fsp3) is 0.750. The van der Waals surface area contributed by atoms with Gasteiger partial charge in [-0.15, -0.1) is 0 Å². The van der Waals surface area contributed by atoms with Crippen molar-refractivity contribution in [2.75, 3.05) is 25.1 Å². The summed E-state index contributed by atoms with van der Waals surface area (Å²) in [6, 6.07) is 0.0411. The highest BCUT2D eigenvalue weighted by Gasteiger charge is 2.11. The van der Waals surface area contributed by atoms with Crippen LogP contribution in [0.3, 0.4) is 0 Å². The van der Waals surface area contributed by atoms with Crippen LogP contribution in [-0.2, 0) is 23.3 Å². The molecule has 0 amide bonds. The summed E-state index contributed by atoms with van der Waals surface area (Å²) in [5, 5.41) is 10.9. The van der Waals surface area contributed by atoms with Crippen molar-refractivity contribution in [3.8, 4) is 0 Å². The lowest BCUT2D eigenvalue weighted by Gasteiger charge is -2.17. The Morgan fingerprint density at radius 1 is 1.38 bits per heavy atom. The third-order valence-electron chi connectivity index (χ3n) is 3.94. The molecule has 0 aliphatic rings. The van der Waals surface area contributed by atoms with Crippen molar-refractivity contribution in [1.82, 2.24) is 20.4 Å². The van der Waals surface area contributed by atoms with Gasteiger partial charge >= 0.3 is 0 Å². The second-order valence-electron chi connectivity index (χ2n) is 6.25. The molecule has 1 rings (SSSR count).